The number of benzene rings is 3. The van der Waals surface area contributed by atoms with Crippen molar-refractivity contribution in [3.05, 3.63) is 86.9 Å². The molecule has 0 heterocycles. The van der Waals surface area contributed by atoms with Crippen molar-refractivity contribution in [2.24, 2.45) is 5.92 Å². The molecule has 5 nitrogen and oxygen atoms in total. The van der Waals surface area contributed by atoms with Crippen LogP contribution in [-0.2, 0) is 4.79 Å². The van der Waals surface area contributed by atoms with E-state index in [-0.39, 0.29) is 5.91 Å². The van der Waals surface area contributed by atoms with Crippen molar-refractivity contribution in [2.45, 2.75) is 10.3 Å². The zero-order chi connectivity index (χ0) is 24.6. The highest BCUT2D eigenvalue weighted by Gasteiger charge is 2.67. The standard InChI is InChI=1S/C24H17Cl5N2O3/c1-34-17-4-2-3-12(9-17)22(32)31-19-11-16(5-6-18(19)27)30-23(33)21-20(24(21,28)29)13-7-14(25)10-15(26)8-13/h2-11,20-21H,1H3,(H,30,33)(H,31,32). The summed E-state index contributed by atoms with van der Waals surface area (Å²) in [6.45, 7) is 0. The van der Waals surface area contributed by atoms with E-state index >= 15 is 0 Å². The quantitative estimate of drug-likeness (QED) is 0.309. The fourth-order valence-electron chi connectivity index (χ4n) is 3.70. The summed E-state index contributed by atoms with van der Waals surface area (Å²) in [7, 11) is 1.52. The zero-order valence-corrected chi connectivity index (χ0v) is 21.3. The maximum atomic E-state index is 13.0. The first-order valence-corrected chi connectivity index (χ1v) is 11.9. The number of hydrogen-bond acceptors (Lipinski definition) is 3. The predicted octanol–water partition coefficient (Wildman–Crippen LogP) is 7.43. The van der Waals surface area contributed by atoms with Crippen LogP contribution in [0.25, 0.3) is 0 Å². The van der Waals surface area contributed by atoms with Gasteiger partial charge in [-0.2, -0.15) is 0 Å². The molecule has 10 heteroatoms. The summed E-state index contributed by atoms with van der Waals surface area (Å²) in [5.41, 5.74) is 1.79. The topological polar surface area (TPSA) is 67.4 Å². The van der Waals surface area contributed by atoms with Crippen LogP contribution >= 0.6 is 58.0 Å². The number of carbonyl (C=O) groups is 2. The Balaban J connectivity index is 1.49. The van der Waals surface area contributed by atoms with Gasteiger partial charge in [0, 0.05) is 27.2 Å². The molecule has 1 saturated carbocycles. The molecule has 4 rings (SSSR count). The minimum absolute atomic E-state index is 0.302. The van der Waals surface area contributed by atoms with E-state index in [2.05, 4.69) is 10.6 Å². The average Bonchev–Trinajstić information content (AvgIpc) is 3.37. The van der Waals surface area contributed by atoms with Crippen LogP contribution in [0, 0.1) is 5.92 Å². The molecule has 176 valence electrons. The van der Waals surface area contributed by atoms with Gasteiger partial charge in [-0.1, -0.05) is 40.9 Å². The molecule has 1 fully saturated rings. The van der Waals surface area contributed by atoms with E-state index < -0.39 is 22.1 Å². The van der Waals surface area contributed by atoms with Gasteiger partial charge < -0.3 is 15.4 Å². The summed E-state index contributed by atoms with van der Waals surface area (Å²) in [6.07, 6.45) is 0. The molecule has 2 atom stereocenters. The lowest BCUT2D eigenvalue weighted by molar-refractivity contribution is -0.117. The van der Waals surface area contributed by atoms with Crippen LogP contribution in [0.4, 0.5) is 11.4 Å². The number of halogens is 5. The van der Waals surface area contributed by atoms with E-state index in [0.29, 0.717) is 43.3 Å². The lowest BCUT2D eigenvalue weighted by atomic mass is 10.1. The van der Waals surface area contributed by atoms with Gasteiger partial charge in [0.2, 0.25) is 5.91 Å². The first-order valence-electron chi connectivity index (χ1n) is 10.00. The fraction of sp³-hybridized carbons (Fsp3) is 0.167. The third-order valence-electron chi connectivity index (χ3n) is 5.39. The van der Waals surface area contributed by atoms with Crippen molar-refractivity contribution in [1.29, 1.82) is 0 Å². The van der Waals surface area contributed by atoms with Crippen LogP contribution in [0.3, 0.4) is 0 Å². The molecule has 0 aliphatic heterocycles. The van der Waals surface area contributed by atoms with E-state index in [1.807, 2.05) is 0 Å². The van der Waals surface area contributed by atoms with Gasteiger partial charge in [-0.05, 0) is 60.2 Å². The lowest BCUT2D eigenvalue weighted by Crippen LogP contribution is -2.17. The molecule has 0 bridgehead atoms. The molecule has 0 radical (unpaired) electrons. The normalized spacial score (nSPS) is 18.2. The number of anilines is 2. The van der Waals surface area contributed by atoms with Crippen molar-refractivity contribution >= 4 is 81.2 Å². The highest BCUT2D eigenvalue weighted by Crippen LogP contribution is 2.65. The minimum Gasteiger partial charge on any atom is -0.497 e. The summed E-state index contributed by atoms with van der Waals surface area (Å²) in [5, 5.41) is 6.67. The SMILES string of the molecule is COc1cccc(C(=O)Nc2cc(NC(=O)C3C(c4cc(Cl)cc(Cl)c4)C3(Cl)Cl)ccc2Cl)c1. The monoisotopic (exact) mass is 556 g/mol. The third-order valence-corrected chi connectivity index (χ3v) is 7.10. The lowest BCUT2D eigenvalue weighted by Gasteiger charge is -2.11. The summed E-state index contributed by atoms with van der Waals surface area (Å²) in [4.78, 5) is 25.6. The maximum Gasteiger partial charge on any atom is 0.255 e. The van der Waals surface area contributed by atoms with Gasteiger partial charge in [0.05, 0.1) is 23.7 Å². The molecule has 34 heavy (non-hydrogen) atoms. The molecule has 0 saturated heterocycles. The number of amides is 2. The van der Waals surface area contributed by atoms with E-state index in [1.54, 1.807) is 60.7 Å². The minimum atomic E-state index is -1.31. The number of methoxy groups -OCH3 is 1. The molecule has 2 amide bonds. The number of nitrogens with one attached hydrogen (secondary N) is 2. The van der Waals surface area contributed by atoms with Crippen molar-refractivity contribution < 1.29 is 14.3 Å². The average molecular weight is 559 g/mol. The predicted molar refractivity (Wildman–Crippen MR) is 138 cm³/mol. The molecule has 2 N–H and O–H groups in total. The van der Waals surface area contributed by atoms with Gasteiger partial charge in [-0.25, -0.2) is 0 Å². The van der Waals surface area contributed by atoms with Crippen molar-refractivity contribution in [2.75, 3.05) is 17.7 Å². The van der Waals surface area contributed by atoms with Crippen molar-refractivity contribution in [3.8, 4) is 5.75 Å². The highest BCUT2D eigenvalue weighted by atomic mass is 35.5. The number of ether oxygens (including phenoxy) is 1. The maximum absolute atomic E-state index is 13.0. The van der Waals surface area contributed by atoms with Crippen LogP contribution in [0.1, 0.15) is 21.8 Å². The van der Waals surface area contributed by atoms with Gasteiger partial charge in [-0.3, -0.25) is 9.59 Å². The third kappa shape index (κ3) is 5.24. The second-order valence-electron chi connectivity index (χ2n) is 7.70. The fourth-order valence-corrected chi connectivity index (χ4v) is 5.24. The van der Waals surface area contributed by atoms with Gasteiger partial charge in [0.25, 0.3) is 5.91 Å². The molecule has 1 aliphatic rings. The Morgan fingerprint density at radius 2 is 1.62 bits per heavy atom. The summed E-state index contributed by atoms with van der Waals surface area (Å²) < 4.78 is 3.84. The first kappa shape index (κ1) is 25.0. The Morgan fingerprint density at radius 3 is 2.29 bits per heavy atom. The molecule has 0 spiro atoms. The molecular weight excluding hydrogens is 542 g/mol. The second kappa shape index (κ2) is 9.84. The van der Waals surface area contributed by atoms with Crippen LogP contribution < -0.4 is 15.4 Å². The molecule has 1 aliphatic carbocycles. The zero-order valence-electron chi connectivity index (χ0n) is 17.5. The summed E-state index contributed by atoms with van der Waals surface area (Å²) in [5.74, 6) is -1.43. The molecule has 2 unspecified atom stereocenters. The van der Waals surface area contributed by atoms with Crippen molar-refractivity contribution in [1.82, 2.24) is 0 Å². The number of rotatable bonds is 6. The van der Waals surface area contributed by atoms with Crippen LogP contribution in [-0.4, -0.2) is 23.3 Å². The molecule has 3 aromatic rings. The van der Waals surface area contributed by atoms with Gasteiger partial charge in [-0.15, -0.1) is 23.2 Å². The van der Waals surface area contributed by atoms with E-state index in [1.165, 1.54) is 7.11 Å². The summed E-state index contributed by atoms with van der Waals surface area (Å²) in [6, 6.07) is 16.4. The van der Waals surface area contributed by atoms with Gasteiger partial charge in [0.1, 0.15) is 10.1 Å². The van der Waals surface area contributed by atoms with Crippen molar-refractivity contribution in [3.63, 3.8) is 0 Å². The molecular formula is C24H17Cl5N2O3. The van der Waals surface area contributed by atoms with Crippen LogP contribution in [0.2, 0.25) is 15.1 Å². The first-order chi connectivity index (χ1) is 16.1. The second-order valence-corrected chi connectivity index (χ2v) is 10.4. The largest absolute Gasteiger partial charge is 0.497 e. The number of alkyl halides is 2. The highest BCUT2D eigenvalue weighted by molar-refractivity contribution is 6.53. The van der Waals surface area contributed by atoms with Crippen LogP contribution in [0.15, 0.2) is 60.7 Å². The Hall–Kier alpha value is -2.15. The van der Waals surface area contributed by atoms with Gasteiger partial charge in [0.15, 0.2) is 0 Å². The number of hydrogen-bond donors (Lipinski definition) is 2. The molecule has 0 aromatic heterocycles. The van der Waals surface area contributed by atoms with Gasteiger partial charge >= 0.3 is 0 Å². The van der Waals surface area contributed by atoms with Crippen LogP contribution in [0.5, 0.6) is 5.75 Å². The Labute approximate surface area is 221 Å². The van der Waals surface area contributed by atoms with E-state index in [0.717, 1.165) is 0 Å². The summed E-state index contributed by atoms with van der Waals surface area (Å²) >= 11 is 31.3. The van der Waals surface area contributed by atoms with E-state index in [9.17, 15) is 9.59 Å². The molecule has 3 aromatic carbocycles. The Kier molecular flexibility index (Phi) is 7.22. The Bertz CT molecular complexity index is 1260. The van der Waals surface area contributed by atoms with E-state index in [4.69, 9.17) is 62.7 Å². The number of carbonyl (C=O) groups excluding carboxylic acids is 2. The smallest absolute Gasteiger partial charge is 0.255 e. The Morgan fingerprint density at radius 1 is 0.912 bits per heavy atom.